The number of nitrogens with zero attached hydrogens (tertiary/aromatic N) is 3. The topological polar surface area (TPSA) is 75.3 Å². The molecule has 0 aromatic carbocycles. The minimum absolute atomic E-state index is 0.250. The number of piperidine rings is 1. The Morgan fingerprint density at radius 1 is 1.57 bits per heavy atom. The van der Waals surface area contributed by atoms with Gasteiger partial charge in [0.15, 0.2) is 0 Å². The Balaban J connectivity index is 2.14. The number of aromatic nitrogens is 2. The molecule has 1 saturated heterocycles. The Kier molecular flexibility index (Phi) is 2.49. The molecule has 0 unspecified atom stereocenters. The van der Waals surface area contributed by atoms with Crippen LogP contribution in [0.3, 0.4) is 0 Å². The summed E-state index contributed by atoms with van der Waals surface area (Å²) < 4.78 is 0. The molecule has 0 spiro atoms. The average Bonchev–Trinajstić information content (AvgIpc) is 2.18. The first kappa shape index (κ1) is 9.21. The lowest BCUT2D eigenvalue weighted by molar-refractivity contribution is 0.154. The van der Waals surface area contributed by atoms with Gasteiger partial charge in [-0.15, -0.1) is 0 Å². The van der Waals surface area contributed by atoms with Gasteiger partial charge in [-0.3, -0.25) is 0 Å². The molecule has 5 nitrogen and oxygen atoms in total. The van der Waals surface area contributed by atoms with Gasteiger partial charge in [0.25, 0.3) is 0 Å². The van der Waals surface area contributed by atoms with E-state index in [1.165, 1.54) is 0 Å². The van der Waals surface area contributed by atoms with Crippen molar-refractivity contribution in [2.24, 2.45) is 0 Å². The van der Waals surface area contributed by atoms with Gasteiger partial charge in [-0.1, -0.05) is 0 Å². The van der Waals surface area contributed by atoms with Gasteiger partial charge in [0.2, 0.25) is 5.95 Å². The maximum Gasteiger partial charge on any atom is 0.221 e. The molecule has 14 heavy (non-hydrogen) atoms. The largest absolute Gasteiger partial charge is 0.391 e. The van der Waals surface area contributed by atoms with E-state index in [1.807, 2.05) is 11.0 Å². The predicted molar refractivity (Wildman–Crippen MR) is 53.9 cm³/mol. The minimum Gasteiger partial charge on any atom is -0.391 e. The SMILES string of the molecule is Nc1nccc(N2CCC[C@@H](O)C2)n1. The van der Waals surface area contributed by atoms with Crippen LogP contribution < -0.4 is 10.6 Å². The van der Waals surface area contributed by atoms with Crippen LogP contribution in [0.4, 0.5) is 11.8 Å². The molecule has 0 aliphatic carbocycles. The Morgan fingerprint density at radius 3 is 3.14 bits per heavy atom. The molecule has 76 valence electrons. The van der Waals surface area contributed by atoms with Crippen molar-refractivity contribution in [1.82, 2.24) is 9.97 Å². The summed E-state index contributed by atoms with van der Waals surface area (Å²) in [5.41, 5.74) is 5.49. The molecule has 5 heteroatoms. The third-order valence-electron chi connectivity index (χ3n) is 2.38. The molecule has 1 aromatic rings. The third-order valence-corrected chi connectivity index (χ3v) is 2.38. The number of aliphatic hydroxyl groups is 1. The summed E-state index contributed by atoms with van der Waals surface area (Å²) in [4.78, 5) is 9.98. The lowest BCUT2D eigenvalue weighted by Crippen LogP contribution is -2.38. The Labute approximate surface area is 82.6 Å². The van der Waals surface area contributed by atoms with Gasteiger partial charge in [-0.05, 0) is 18.9 Å². The highest BCUT2D eigenvalue weighted by Crippen LogP contribution is 2.17. The smallest absolute Gasteiger partial charge is 0.221 e. The van der Waals surface area contributed by atoms with Crippen molar-refractivity contribution in [3.8, 4) is 0 Å². The number of aliphatic hydroxyl groups excluding tert-OH is 1. The molecule has 1 aromatic heterocycles. The zero-order valence-corrected chi connectivity index (χ0v) is 7.93. The number of nitrogen functional groups attached to an aromatic ring is 1. The summed E-state index contributed by atoms with van der Waals surface area (Å²) in [6.45, 7) is 1.56. The standard InChI is InChI=1S/C9H14N4O/c10-9-11-4-3-8(12-9)13-5-1-2-7(14)6-13/h3-4,7,14H,1-2,5-6H2,(H2,10,11,12)/t7-/m1/s1. The summed E-state index contributed by atoms with van der Waals surface area (Å²) in [6.07, 6.45) is 3.25. The molecule has 0 radical (unpaired) electrons. The van der Waals surface area contributed by atoms with Crippen molar-refractivity contribution in [2.75, 3.05) is 23.7 Å². The van der Waals surface area contributed by atoms with Crippen LogP contribution in [0.2, 0.25) is 0 Å². The van der Waals surface area contributed by atoms with Crippen molar-refractivity contribution in [3.05, 3.63) is 12.3 Å². The molecule has 2 heterocycles. The number of anilines is 2. The van der Waals surface area contributed by atoms with Crippen LogP contribution >= 0.6 is 0 Å². The number of hydrogen-bond donors (Lipinski definition) is 2. The van der Waals surface area contributed by atoms with E-state index in [4.69, 9.17) is 5.73 Å². The predicted octanol–water partition coefficient (Wildman–Crippen LogP) is 0.0199. The first-order valence-electron chi connectivity index (χ1n) is 4.77. The monoisotopic (exact) mass is 194 g/mol. The molecule has 0 bridgehead atoms. The molecule has 1 aliphatic heterocycles. The Morgan fingerprint density at radius 2 is 2.43 bits per heavy atom. The maximum atomic E-state index is 9.49. The normalized spacial score (nSPS) is 22.4. The molecule has 3 N–H and O–H groups in total. The number of nitrogens with two attached hydrogens (primary N) is 1. The average molecular weight is 194 g/mol. The number of rotatable bonds is 1. The second-order valence-electron chi connectivity index (χ2n) is 3.52. The third kappa shape index (κ3) is 1.93. The van der Waals surface area contributed by atoms with E-state index >= 15 is 0 Å². The van der Waals surface area contributed by atoms with E-state index in [0.29, 0.717) is 6.54 Å². The Hall–Kier alpha value is -1.36. The number of β-amino-alcohol motifs (C(OH)–C–C–N with tert-alkyl or cyclic N) is 1. The van der Waals surface area contributed by atoms with E-state index < -0.39 is 0 Å². The van der Waals surface area contributed by atoms with E-state index in [9.17, 15) is 5.11 Å². The van der Waals surface area contributed by atoms with Crippen molar-refractivity contribution in [2.45, 2.75) is 18.9 Å². The summed E-state index contributed by atoms with van der Waals surface area (Å²) in [7, 11) is 0. The van der Waals surface area contributed by atoms with E-state index in [-0.39, 0.29) is 12.1 Å². The zero-order chi connectivity index (χ0) is 9.97. The van der Waals surface area contributed by atoms with Crippen LogP contribution in [0.25, 0.3) is 0 Å². The lowest BCUT2D eigenvalue weighted by Gasteiger charge is -2.30. The molecule has 1 aliphatic rings. The fraction of sp³-hybridized carbons (Fsp3) is 0.556. The second-order valence-corrected chi connectivity index (χ2v) is 3.52. The molecular weight excluding hydrogens is 180 g/mol. The summed E-state index contributed by atoms with van der Waals surface area (Å²) in [5.74, 6) is 1.08. The molecule has 1 atom stereocenters. The van der Waals surface area contributed by atoms with Gasteiger partial charge >= 0.3 is 0 Å². The lowest BCUT2D eigenvalue weighted by atomic mass is 10.1. The van der Waals surface area contributed by atoms with Crippen LogP contribution in [-0.4, -0.2) is 34.3 Å². The van der Waals surface area contributed by atoms with Gasteiger partial charge in [-0.25, -0.2) is 4.98 Å². The van der Waals surface area contributed by atoms with Crippen LogP contribution in [-0.2, 0) is 0 Å². The van der Waals surface area contributed by atoms with E-state index in [2.05, 4.69) is 9.97 Å². The summed E-state index contributed by atoms with van der Waals surface area (Å²) in [6, 6.07) is 1.81. The maximum absolute atomic E-state index is 9.49. The van der Waals surface area contributed by atoms with Crippen molar-refractivity contribution in [1.29, 1.82) is 0 Å². The highest BCUT2D eigenvalue weighted by atomic mass is 16.3. The molecule has 0 saturated carbocycles. The zero-order valence-electron chi connectivity index (χ0n) is 7.93. The number of hydrogen-bond acceptors (Lipinski definition) is 5. The highest BCUT2D eigenvalue weighted by Gasteiger charge is 2.18. The fourth-order valence-electron chi connectivity index (χ4n) is 1.70. The van der Waals surface area contributed by atoms with Crippen molar-refractivity contribution >= 4 is 11.8 Å². The molecule has 1 fully saturated rings. The quantitative estimate of drug-likeness (QED) is 0.659. The van der Waals surface area contributed by atoms with Crippen LogP contribution in [0.15, 0.2) is 12.3 Å². The van der Waals surface area contributed by atoms with Gasteiger partial charge in [0.05, 0.1) is 6.10 Å². The van der Waals surface area contributed by atoms with Gasteiger partial charge in [0.1, 0.15) is 5.82 Å². The minimum atomic E-state index is -0.250. The highest BCUT2D eigenvalue weighted by molar-refractivity contribution is 5.41. The van der Waals surface area contributed by atoms with Gasteiger partial charge in [0, 0.05) is 19.3 Å². The van der Waals surface area contributed by atoms with E-state index in [0.717, 1.165) is 25.2 Å². The summed E-state index contributed by atoms with van der Waals surface area (Å²) >= 11 is 0. The van der Waals surface area contributed by atoms with Crippen molar-refractivity contribution < 1.29 is 5.11 Å². The van der Waals surface area contributed by atoms with Crippen LogP contribution in [0, 0.1) is 0 Å². The van der Waals surface area contributed by atoms with E-state index in [1.54, 1.807) is 6.20 Å². The molecular formula is C9H14N4O. The second kappa shape index (κ2) is 3.79. The fourth-order valence-corrected chi connectivity index (χ4v) is 1.70. The van der Waals surface area contributed by atoms with Crippen LogP contribution in [0.1, 0.15) is 12.8 Å². The molecule has 0 amide bonds. The van der Waals surface area contributed by atoms with Gasteiger partial charge in [-0.2, -0.15) is 4.98 Å². The molecule has 2 rings (SSSR count). The van der Waals surface area contributed by atoms with Gasteiger partial charge < -0.3 is 15.7 Å². The summed E-state index contributed by atoms with van der Waals surface area (Å²) in [5, 5.41) is 9.49. The van der Waals surface area contributed by atoms with Crippen LogP contribution in [0.5, 0.6) is 0 Å². The first-order valence-corrected chi connectivity index (χ1v) is 4.77. The van der Waals surface area contributed by atoms with Crippen molar-refractivity contribution in [3.63, 3.8) is 0 Å². The first-order chi connectivity index (χ1) is 6.75. The Bertz CT molecular complexity index is 317.